The summed E-state index contributed by atoms with van der Waals surface area (Å²) >= 11 is 0. The van der Waals surface area contributed by atoms with E-state index in [1.165, 1.54) is 0 Å². The molecule has 2 aromatic carbocycles. The number of hydrogen-bond donors (Lipinski definition) is 1. The van der Waals surface area contributed by atoms with E-state index >= 15 is 0 Å². The van der Waals surface area contributed by atoms with Crippen LogP contribution in [0, 0.1) is 5.41 Å². The van der Waals surface area contributed by atoms with Crippen molar-refractivity contribution >= 4 is 23.2 Å². The monoisotopic (exact) mass is 426 g/mol. The molecule has 1 heterocycles. The van der Waals surface area contributed by atoms with Crippen molar-refractivity contribution in [3.63, 3.8) is 0 Å². The number of rotatable bonds is 7. The lowest BCUT2D eigenvalue weighted by atomic mass is 9.93. The maximum atomic E-state index is 12.8. The molecule has 2 aromatic rings. The van der Waals surface area contributed by atoms with Crippen molar-refractivity contribution in [3.05, 3.63) is 42.0 Å². The topological polar surface area (TPSA) is 77.1 Å². The zero-order valence-corrected chi connectivity index (χ0v) is 18.8. The highest BCUT2D eigenvalue weighted by Crippen LogP contribution is 2.38. The lowest BCUT2D eigenvalue weighted by molar-refractivity contribution is -0.127. The van der Waals surface area contributed by atoms with Crippen molar-refractivity contribution in [1.29, 1.82) is 0 Å². The Morgan fingerprint density at radius 1 is 1.06 bits per heavy atom. The van der Waals surface area contributed by atoms with Gasteiger partial charge in [0.1, 0.15) is 12.4 Å². The Morgan fingerprint density at radius 2 is 1.77 bits per heavy atom. The second-order valence-corrected chi connectivity index (χ2v) is 7.89. The summed E-state index contributed by atoms with van der Waals surface area (Å²) in [4.78, 5) is 27.4. The Morgan fingerprint density at radius 3 is 2.45 bits per heavy atom. The van der Waals surface area contributed by atoms with Crippen LogP contribution < -0.4 is 24.4 Å². The first kappa shape index (κ1) is 22.5. The molecule has 166 valence electrons. The van der Waals surface area contributed by atoms with Gasteiger partial charge in [0.05, 0.1) is 24.3 Å². The fourth-order valence-corrected chi connectivity index (χ4v) is 3.43. The SMILES string of the molecule is CCOc1ccc(C(=O)Nc2ccc3c(c2)OCC(C)(C)C(=O)N3CC)cc1OCC. The Hall–Kier alpha value is -3.22. The number of amides is 2. The number of fused-ring (bicyclic) bond motifs is 1. The fourth-order valence-electron chi connectivity index (χ4n) is 3.43. The van der Waals surface area contributed by atoms with Crippen molar-refractivity contribution in [2.45, 2.75) is 34.6 Å². The molecule has 0 fully saturated rings. The number of nitrogens with zero attached hydrogens (tertiary/aromatic N) is 1. The van der Waals surface area contributed by atoms with Crippen LogP contribution >= 0.6 is 0 Å². The summed E-state index contributed by atoms with van der Waals surface area (Å²) < 4.78 is 17.1. The van der Waals surface area contributed by atoms with E-state index in [9.17, 15) is 9.59 Å². The van der Waals surface area contributed by atoms with Gasteiger partial charge in [-0.25, -0.2) is 0 Å². The molecule has 7 heteroatoms. The molecule has 0 saturated carbocycles. The second kappa shape index (κ2) is 9.29. The number of ether oxygens (including phenoxy) is 3. The number of anilines is 2. The van der Waals surface area contributed by atoms with E-state index in [2.05, 4.69) is 5.32 Å². The Bertz CT molecular complexity index is 970. The van der Waals surface area contributed by atoms with Gasteiger partial charge in [0.15, 0.2) is 11.5 Å². The number of carbonyl (C=O) groups is 2. The Balaban J connectivity index is 1.84. The van der Waals surface area contributed by atoms with Crippen molar-refractivity contribution in [1.82, 2.24) is 0 Å². The van der Waals surface area contributed by atoms with Gasteiger partial charge in [-0.15, -0.1) is 0 Å². The molecule has 2 amide bonds. The van der Waals surface area contributed by atoms with Crippen LogP contribution in [0.15, 0.2) is 36.4 Å². The van der Waals surface area contributed by atoms with Crippen LogP contribution in [0.5, 0.6) is 17.2 Å². The highest BCUT2D eigenvalue weighted by Gasteiger charge is 2.37. The number of nitrogens with one attached hydrogen (secondary N) is 1. The van der Waals surface area contributed by atoms with Crippen LogP contribution in [-0.2, 0) is 4.79 Å². The van der Waals surface area contributed by atoms with Gasteiger partial charge in [-0.2, -0.15) is 0 Å². The molecule has 0 aliphatic carbocycles. The number of benzene rings is 2. The van der Waals surface area contributed by atoms with Crippen molar-refractivity contribution in [2.75, 3.05) is 36.6 Å². The van der Waals surface area contributed by atoms with E-state index in [1.54, 1.807) is 41.3 Å². The minimum absolute atomic E-state index is 0.0170. The molecule has 0 unspecified atom stereocenters. The summed E-state index contributed by atoms with van der Waals surface area (Å²) in [7, 11) is 0. The van der Waals surface area contributed by atoms with Gasteiger partial charge in [0.25, 0.3) is 5.91 Å². The lowest BCUT2D eigenvalue weighted by Crippen LogP contribution is -2.42. The van der Waals surface area contributed by atoms with Gasteiger partial charge < -0.3 is 24.4 Å². The van der Waals surface area contributed by atoms with E-state index in [0.29, 0.717) is 53.9 Å². The van der Waals surface area contributed by atoms with Crippen LogP contribution in [0.25, 0.3) is 0 Å². The third-order valence-corrected chi connectivity index (χ3v) is 5.04. The molecule has 1 N–H and O–H groups in total. The van der Waals surface area contributed by atoms with Crippen LogP contribution in [-0.4, -0.2) is 38.2 Å². The third kappa shape index (κ3) is 4.76. The fraction of sp³-hybridized carbons (Fsp3) is 0.417. The van der Waals surface area contributed by atoms with Gasteiger partial charge in [-0.05, 0) is 65.0 Å². The van der Waals surface area contributed by atoms with Gasteiger partial charge >= 0.3 is 0 Å². The molecule has 7 nitrogen and oxygen atoms in total. The lowest BCUT2D eigenvalue weighted by Gasteiger charge is -2.26. The largest absolute Gasteiger partial charge is 0.490 e. The highest BCUT2D eigenvalue weighted by molar-refractivity contribution is 6.05. The average molecular weight is 427 g/mol. The van der Waals surface area contributed by atoms with E-state index in [1.807, 2.05) is 34.6 Å². The van der Waals surface area contributed by atoms with Gasteiger partial charge in [-0.3, -0.25) is 9.59 Å². The summed E-state index contributed by atoms with van der Waals surface area (Å²) in [6.07, 6.45) is 0. The molecule has 0 atom stereocenters. The van der Waals surface area contributed by atoms with Gasteiger partial charge in [0.2, 0.25) is 5.91 Å². The first-order valence-electron chi connectivity index (χ1n) is 10.6. The summed E-state index contributed by atoms with van der Waals surface area (Å²) in [6, 6.07) is 10.4. The maximum Gasteiger partial charge on any atom is 0.255 e. The maximum absolute atomic E-state index is 12.8. The number of carbonyl (C=O) groups excluding carboxylic acids is 2. The highest BCUT2D eigenvalue weighted by atomic mass is 16.5. The molecule has 0 saturated heterocycles. The van der Waals surface area contributed by atoms with Crippen LogP contribution in [0.1, 0.15) is 45.0 Å². The predicted molar refractivity (Wildman–Crippen MR) is 120 cm³/mol. The van der Waals surface area contributed by atoms with Crippen LogP contribution in [0.2, 0.25) is 0 Å². The minimum Gasteiger partial charge on any atom is -0.490 e. The standard InChI is InChI=1S/C24H30N2O5/c1-6-26-18-11-10-17(14-20(18)31-15-24(4,5)23(26)28)25-22(27)16-9-12-19(29-7-2)21(13-16)30-8-3/h9-14H,6-8,15H2,1-5H3,(H,25,27). The second-order valence-electron chi connectivity index (χ2n) is 7.89. The molecule has 3 rings (SSSR count). The first-order chi connectivity index (χ1) is 14.8. The molecule has 1 aliphatic rings. The normalized spacial score (nSPS) is 14.9. The van der Waals surface area contributed by atoms with E-state index in [4.69, 9.17) is 14.2 Å². The Labute approximate surface area is 183 Å². The molecule has 31 heavy (non-hydrogen) atoms. The summed E-state index contributed by atoms with van der Waals surface area (Å²) in [6.45, 7) is 11.2. The van der Waals surface area contributed by atoms with E-state index in [-0.39, 0.29) is 18.4 Å². The predicted octanol–water partition coefficient (Wildman–Crippen LogP) is 4.51. The van der Waals surface area contributed by atoms with Crippen LogP contribution in [0.3, 0.4) is 0 Å². The Kier molecular flexibility index (Phi) is 6.73. The zero-order valence-electron chi connectivity index (χ0n) is 18.8. The molecule has 0 radical (unpaired) electrons. The summed E-state index contributed by atoms with van der Waals surface area (Å²) in [5.41, 5.74) is 1.11. The summed E-state index contributed by atoms with van der Waals surface area (Å²) in [5.74, 6) is 1.44. The minimum atomic E-state index is -0.629. The molecule has 0 aromatic heterocycles. The quantitative estimate of drug-likeness (QED) is 0.705. The van der Waals surface area contributed by atoms with Gasteiger partial charge in [0, 0.05) is 23.9 Å². The molecule has 1 aliphatic heterocycles. The van der Waals surface area contributed by atoms with E-state index < -0.39 is 5.41 Å². The molecular formula is C24H30N2O5. The summed E-state index contributed by atoms with van der Waals surface area (Å²) in [5, 5.41) is 2.90. The smallest absolute Gasteiger partial charge is 0.255 e. The zero-order chi connectivity index (χ0) is 22.6. The van der Waals surface area contributed by atoms with Crippen molar-refractivity contribution in [3.8, 4) is 17.2 Å². The van der Waals surface area contributed by atoms with Crippen molar-refractivity contribution < 1.29 is 23.8 Å². The third-order valence-electron chi connectivity index (χ3n) is 5.04. The van der Waals surface area contributed by atoms with E-state index in [0.717, 1.165) is 0 Å². The molecular weight excluding hydrogens is 396 g/mol. The first-order valence-corrected chi connectivity index (χ1v) is 10.6. The molecule has 0 bridgehead atoms. The van der Waals surface area contributed by atoms with Crippen molar-refractivity contribution in [2.24, 2.45) is 5.41 Å². The van der Waals surface area contributed by atoms with Crippen LogP contribution in [0.4, 0.5) is 11.4 Å². The van der Waals surface area contributed by atoms with Gasteiger partial charge in [-0.1, -0.05) is 0 Å². The molecule has 0 spiro atoms. The average Bonchev–Trinajstić information content (AvgIpc) is 2.84. The number of hydrogen-bond acceptors (Lipinski definition) is 5.